The van der Waals surface area contributed by atoms with Gasteiger partial charge in [-0.05, 0) is 56.6 Å². The van der Waals surface area contributed by atoms with Crippen molar-refractivity contribution in [2.45, 2.75) is 0 Å². The van der Waals surface area contributed by atoms with E-state index >= 15 is 0 Å². The van der Waals surface area contributed by atoms with Crippen LogP contribution >= 0.6 is 11.6 Å². The van der Waals surface area contributed by atoms with Gasteiger partial charge in [0.05, 0.1) is 5.02 Å². The number of hydrogen-bond acceptors (Lipinski definition) is 8. The molecule has 0 spiro atoms. The Labute approximate surface area is 212 Å². The molecule has 36 heavy (non-hydrogen) atoms. The number of halogens is 1. The molecule has 4 aromatic rings. The summed E-state index contributed by atoms with van der Waals surface area (Å²) < 4.78 is 11.7. The Kier molecular flexibility index (Phi) is 7.62. The first-order valence-corrected chi connectivity index (χ1v) is 11.4. The molecule has 4 rings (SSSR count). The van der Waals surface area contributed by atoms with Crippen molar-refractivity contribution >= 4 is 46.1 Å². The zero-order valence-corrected chi connectivity index (χ0v) is 20.7. The number of benzene rings is 2. The van der Waals surface area contributed by atoms with E-state index in [1.807, 2.05) is 19.0 Å². The molecule has 1 amide bonds. The normalized spacial score (nSPS) is 11.2. The van der Waals surface area contributed by atoms with Gasteiger partial charge in [-0.1, -0.05) is 17.7 Å². The summed E-state index contributed by atoms with van der Waals surface area (Å²) >= 11 is 6.25. The minimum atomic E-state index is -0.306. The van der Waals surface area contributed by atoms with E-state index in [1.54, 1.807) is 54.6 Å². The summed E-state index contributed by atoms with van der Waals surface area (Å²) in [5.41, 5.74) is 2.33. The highest BCUT2D eigenvalue weighted by molar-refractivity contribution is 6.34. The van der Waals surface area contributed by atoms with Crippen molar-refractivity contribution in [2.24, 2.45) is 0 Å². The fraction of sp³-hybridized carbons (Fsp3) is 0.154. The summed E-state index contributed by atoms with van der Waals surface area (Å²) in [4.78, 5) is 34.8. The van der Waals surface area contributed by atoms with Crippen LogP contribution in [0.3, 0.4) is 0 Å². The first-order chi connectivity index (χ1) is 17.3. The largest absolute Gasteiger partial charge is 0.457 e. The lowest BCUT2D eigenvalue weighted by atomic mass is 10.1. The lowest BCUT2D eigenvalue weighted by Gasteiger charge is -2.06. The van der Waals surface area contributed by atoms with Crippen LogP contribution in [0.4, 0.5) is 11.7 Å². The fourth-order valence-electron chi connectivity index (χ4n) is 3.26. The zero-order valence-electron chi connectivity index (χ0n) is 19.9. The van der Waals surface area contributed by atoms with E-state index in [0.29, 0.717) is 45.4 Å². The molecule has 0 fully saturated rings. The quantitative estimate of drug-likeness (QED) is 0.239. The van der Waals surface area contributed by atoms with E-state index in [1.165, 1.54) is 19.3 Å². The van der Waals surface area contributed by atoms with Gasteiger partial charge < -0.3 is 24.7 Å². The summed E-state index contributed by atoms with van der Waals surface area (Å²) in [7, 11) is 5.38. The van der Waals surface area contributed by atoms with Gasteiger partial charge >= 0.3 is 0 Å². The predicted molar refractivity (Wildman–Crippen MR) is 138 cm³/mol. The number of oxazole rings is 1. The molecule has 2 aromatic carbocycles. The van der Waals surface area contributed by atoms with E-state index in [0.717, 1.165) is 0 Å². The molecule has 184 valence electrons. The second kappa shape index (κ2) is 11.0. The summed E-state index contributed by atoms with van der Waals surface area (Å²) in [6, 6.07) is 13.7. The van der Waals surface area contributed by atoms with Crippen LogP contribution in [0.15, 0.2) is 71.3 Å². The number of nitrogens with one attached hydrogen (secondary N) is 2. The second-order valence-corrected chi connectivity index (χ2v) is 8.46. The number of nitrogens with zero attached hydrogens (tertiary/aromatic N) is 3. The highest BCUT2D eigenvalue weighted by Crippen LogP contribution is 2.29. The van der Waals surface area contributed by atoms with Gasteiger partial charge in [0, 0.05) is 43.2 Å². The number of ether oxygens (including phenoxy) is 1. The number of rotatable bonds is 9. The number of aromatic nitrogens is 2. The van der Waals surface area contributed by atoms with Gasteiger partial charge in [-0.25, -0.2) is 0 Å². The van der Waals surface area contributed by atoms with Gasteiger partial charge in [0.1, 0.15) is 22.7 Å². The maximum absolute atomic E-state index is 12.6. The van der Waals surface area contributed by atoms with Crippen molar-refractivity contribution < 1.29 is 18.7 Å². The lowest BCUT2D eigenvalue weighted by Crippen LogP contribution is -2.18. The molecule has 0 aliphatic carbocycles. The molecule has 2 heterocycles. The Morgan fingerprint density at radius 3 is 2.69 bits per heavy atom. The topological polar surface area (TPSA) is 110 Å². The van der Waals surface area contributed by atoms with E-state index in [4.69, 9.17) is 20.8 Å². The smallest absolute Gasteiger partial charge is 0.300 e. The number of pyridine rings is 1. The molecule has 9 nitrogen and oxygen atoms in total. The van der Waals surface area contributed by atoms with Crippen LogP contribution in [0.1, 0.15) is 20.8 Å². The number of anilines is 2. The van der Waals surface area contributed by atoms with Gasteiger partial charge in [-0.3, -0.25) is 14.6 Å². The molecule has 0 saturated heterocycles. The third-order valence-corrected chi connectivity index (χ3v) is 5.34. The second-order valence-electron chi connectivity index (χ2n) is 8.06. The van der Waals surface area contributed by atoms with Crippen LogP contribution in [0.25, 0.3) is 11.1 Å². The van der Waals surface area contributed by atoms with Crippen molar-refractivity contribution in [3.8, 4) is 11.5 Å². The van der Waals surface area contributed by atoms with E-state index in [-0.39, 0.29) is 23.4 Å². The molecule has 2 N–H and O–H groups in total. The molecule has 0 atom stereocenters. The molecule has 0 saturated carbocycles. The minimum Gasteiger partial charge on any atom is -0.457 e. The number of ketones is 1. The van der Waals surface area contributed by atoms with Crippen LogP contribution in [0.5, 0.6) is 11.5 Å². The molecule has 0 unspecified atom stereocenters. The number of amides is 1. The summed E-state index contributed by atoms with van der Waals surface area (Å²) in [6.45, 7) is 0.645. The maximum atomic E-state index is 12.6. The minimum absolute atomic E-state index is 0.194. The highest BCUT2D eigenvalue weighted by atomic mass is 35.5. The average molecular weight is 506 g/mol. The Hall–Kier alpha value is -4.21. The first-order valence-electron chi connectivity index (χ1n) is 11.0. The number of fused-ring (bicyclic) bond motifs is 1. The number of allylic oxidation sites excluding steroid dienone is 1. The molecule has 2 aromatic heterocycles. The molecule has 0 bridgehead atoms. The Morgan fingerprint density at radius 2 is 1.92 bits per heavy atom. The molecule has 0 aliphatic heterocycles. The van der Waals surface area contributed by atoms with Gasteiger partial charge in [-0.15, -0.1) is 0 Å². The average Bonchev–Trinajstić information content (AvgIpc) is 3.26. The van der Waals surface area contributed by atoms with Gasteiger partial charge in [0.25, 0.3) is 11.9 Å². The Balaban J connectivity index is 1.51. The third-order valence-electron chi connectivity index (χ3n) is 5.01. The number of hydrogen-bond donors (Lipinski definition) is 2. The number of carbonyl (C=O) groups is 2. The van der Waals surface area contributed by atoms with Crippen LogP contribution in [0, 0.1) is 0 Å². The van der Waals surface area contributed by atoms with E-state index < -0.39 is 0 Å². The van der Waals surface area contributed by atoms with E-state index in [9.17, 15) is 9.59 Å². The van der Waals surface area contributed by atoms with Crippen molar-refractivity contribution in [2.75, 3.05) is 33.0 Å². The van der Waals surface area contributed by atoms with Crippen molar-refractivity contribution in [1.29, 1.82) is 0 Å². The Morgan fingerprint density at radius 1 is 1.11 bits per heavy atom. The first kappa shape index (κ1) is 24.9. The molecular formula is C26H24ClN5O4. The summed E-state index contributed by atoms with van der Waals surface area (Å²) in [6.07, 6.45) is 4.79. The number of carbonyl (C=O) groups excluding carboxylic acids is 2. The highest BCUT2D eigenvalue weighted by Gasteiger charge is 2.13. The molecular weight excluding hydrogens is 482 g/mol. The third kappa shape index (κ3) is 6.07. The van der Waals surface area contributed by atoms with Gasteiger partial charge in [0.15, 0.2) is 11.4 Å². The van der Waals surface area contributed by atoms with Crippen LogP contribution < -0.4 is 15.4 Å². The van der Waals surface area contributed by atoms with Crippen molar-refractivity contribution in [1.82, 2.24) is 20.2 Å². The summed E-state index contributed by atoms with van der Waals surface area (Å²) in [5.74, 6) is 0.475. The van der Waals surface area contributed by atoms with Crippen molar-refractivity contribution in [3.05, 3.63) is 83.2 Å². The van der Waals surface area contributed by atoms with Crippen molar-refractivity contribution in [3.63, 3.8) is 0 Å². The molecule has 0 aliphatic rings. The monoisotopic (exact) mass is 505 g/mol. The van der Waals surface area contributed by atoms with Gasteiger partial charge in [-0.2, -0.15) is 4.98 Å². The van der Waals surface area contributed by atoms with Crippen LogP contribution in [-0.4, -0.2) is 54.2 Å². The standard InChI is InChI=1S/C26H24ClN5O4/c1-28-25(34)22-15-18(10-11-29-22)35-17-7-9-24-21(14-17)31-26(36-24)30-16-6-8-20(27)19(13-16)23(33)5-4-12-32(2)3/h4-11,13-15H,12H2,1-3H3,(H,28,34)(H,30,31)/b5-4+. The maximum Gasteiger partial charge on any atom is 0.300 e. The molecule has 0 radical (unpaired) electrons. The summed E-state index contributed by atoms with van der Waals surface area (Å²) in [5, 5.41) is 5.96. The Bertz CT molecular complexity index is 1450. The SMILES string of the molecule is CNC(=O)c1cc(Oc2ccc3oc(Nc4ccc(Cl)c(C(=O)/C=C/CN(C)C)c4)nc3c2)ccn1. The van der Waals surface area contributed by atoms with Crippen LogP contribution in [0.2, 0.25) is 5.02 Å². The fourth-order valence-corrected chi connectivity index (χ4v) is 3.47. The molecule has 10 heteroatoms. The van der Waals surface area contributed by atoms with E-state index in [2.05, 4.69) is 20.6 Å². The number of likely N-dealkylation sites (N-methyl/N-ethyl adjacent to an activating group) is 1. The lowest BCUT2D eigenvalue weighted by molar-refractivity contribution is 0.0957. The predicted octanol–water partition coefficient (Wildman–Crippen LogP) is 5.07. The van der Waals surface area contributed by atoms with Crippen LogP contribution in [-0.2, 0) is 0 Å². The zero-order chi connectivity index (χ0) is 25.7. The van der Waals surface area contributed by atoms with Gasteiger partial charge in [0.2, 0.25) is 0 Å².